The van der Waals surface area contributed by atoms with E-state index in [-0.39, 0.29) is 23.6 Å². The van der Waals surface area contributed by atoms with Crippen LogP contribution in [0, 0.1) is 0 Å². The van der Waals surface area contributed by atoms with Gasteiger partial charge in [-0.25, -0.2) is 0 Å². The van der Waals surface area contributed by atoms with Crippen molar-refractivity contribution in [3.05, 3.63) is 23.2 Å². The van der Waals surface area contributed by atoms with Gasteiger partial charge in [0.25, 0.3) is 0 Å². The maximum atomic E-state index is 13.4. The zero-order valence-corrected chi connectivity index (χ0v) is 18.7. The average Bonchev–Trinajstić information content (AvgIpc) is 3.53. The number of carbonyl (C=O) groups excluding carboxylic acids is 4. The third-order valence-electron chi connectivity index (χ3n) is 6.37. The largest absolute Gasteiger partial charge is 0.495 e. The molecule has 0 aliphatic carbocycles. The maximum absolute atomic E-state index is 13.4. The van der Waals surface area contributed by atoms with E-state index in [0.29, 0.717) is 68.1 Å². The van der Waals surface area contributed by atoms with Crippen LogP contribution in [0.4, 0.5) is 5.69 Å². The van der Waals surface area contributed by atoms with Crippen molar-refractivity contribution in [1.82, 2.24) is 15.1 Å². The summed E-state index contributed by atoms with van der Waals surface area (Å²) in [7, 11) is 1.50. The van der Waals surface area contributed by atoms with Crippen molar-refractivity contribution in [3.63, 3.8) is 0 Å². The number of rotatable bonds is 5. The van der Waals surface area contributed by atoms with Gasteiger partial charge < -0.3 is 25.2 Å². The molecule has 10 heteroatoms. The molecular formula is C22H27ClN4O5. The van der Waals surface area contributed by atoms with Gasteiger partial charge in [-0.3, -0.25) is 19.2 Å². The van der Waals surface area contributed by atoms with Gasteiger partial charge in [0.05, 0.1) is 12.8 Å². The van der Waals surface area contributed by atoms with Gasteiger partial charge in [-0.05, 0) is 50.3 Å². The number of likely N-dealkylation sites (tertiary alicyclic amines) is 2. The fraction of sp³-hybridized carbons (Fsp3) is 0.545. The first-order valence-electron chi connectivity index (χ1n) is 10.9. The second-order valence-electron chi connectivity index (χ2n) is 8.37. The Balaban J connectivity index is 1.46. The molecule has 0 bridgehead atoms. The van der Waals surface area contributed by atoms with Gasteiger partial charge in [0.15, 0.2) is 0 Å². The van der Waals surface area contributed by atoms with Crippen LogP contribution in [0.3, 0.4) is 0 Å². The normalized spacial score (nSPS) is 25.1. The molecule has 1 aromatic carbocycles. The lowest BCUT2D eigenvalue weighted by Gasteiger charge is -2.32. The molecular weight excluding hydrogens is 436 g/mol. The number of anilines is 1. The Morgan fingerprint density at radius 3 is 2.41 bits per heavy atom. The highest BCUT2D eigenvalue weighted by atomic mass is 35.5. The van der Waals surface area contributed by atoms with E-state index in [1.54, 1.807) is 28.0 Å². The Kier molecular flexibility index (Phi) is 6.55. The summed E-state index contributed by atoms with van der Waals surface area (Å²) in [6.07, 6.45) is 3.29. The van der Waals surface area contributed by atoms with Crippen LogP contribution in [-0.2, 0) is 19.2 Å². The quantitative estimate of drug-likeness (QED) is 0.690. The maximum Gasteiger partial charge on any atom is 0.247 e. The van der Waals surface area contributed by atoms with Crippen molar-refractivity contribution in [2.75, 3.05) is 25.5 Å². The Bertz CT molecular complexity index is 939. The molecule has 0 unspecified atom stereocenters. The number of hydrogen-bond donors (Lipinski definition) is 2. The second kappa shape index (κ2) is 9.36. The predicted molar refractivity (Wildman–Crippen MR) is 117 cm³/mol. The lowest BCUT2D eigenvalue weighted by atomic mass is 10.1. The number of halogens is 1. The molecule has 4 amide bonds. The van der Waals surface area contributed by atoms with Crippen molar-refractivity contribution in [3.8, 4) is 5.75 Å². The van der Waals surface area contributed by atoms with Gasteiger partial charge in [0.2, 0.25) is 23.6 Å². The number of methoxy groups -OCH3 is 1. The summed E-state index contributed by atoms with van der Waals surface area (Å²) in [6.45, 7) is 0.939. The van der Waals surface area contributed by atoms with Crippen molar-refractivity contribution in [2.45, 2.75) is 56.7 Å². The fourth-order valence-electron chi connectivity index (χ4n) is 4.78. The smallest absolute Gasteiger partial charge is 0.247 e. The van der Waals surface area contributed by atoms with E-state index in [4.69, 9.17) is 16.3 Å². The van der Waals surface area contributed by atoms with Crippen molar-refractivity contribution in [1.29, 1.82) is 0 Å². The molecule has 0 aromatic heterocycles. The third kappa shape index (κ3) is 4.39. The second-order valence-corrected chi connectivity index (χ2v) is 8.81. The van der Waals surface area contributed by atoms with Gasteiger partial charge in [-0.1, -0.05) is 11.6 Å². The van der Waals surface area contributed by atoms with Crippen LogP contribution in [0.25, 0.3) is 0 Å². The molecule has 3 saturated heterocycles. The monoisotopic (exact) mass is 462 g/mol. The van der Waals surface area contributed by atoms with Crippen LogP contribution < -0.4 is 15.4 Å². The predicted octanol–water partition coefficient (Wildman–Crippen LogP) is 1.55. The minimum absolute atomic E-state index is 0.141. The highest BCUT2D eigenvalue weighted by Crippen LogP contribution is 2.30. The summed E-state index contributed by atoms with van der Waals surface area (Å²) in [5, 5.41) is 5.98. The number of hydrogen-bond acceptors (Lipinski definition) is 5. The van der Waals surface area contributed by atoms with Crippen molar-refractivity contribution >= 4 is 40.9 Å². The molecule has 3 aliphatic rings. The minimum Gasteiger partial charge on any atom is -0.495 e. The molecule has 1 aromatic rings. The summed E-state index contributed by atoms with van der Waals surface area (Å²) >= 11 is 6.06. The molecule has 3 heterocycles. The van der Waals surface area contributed by atoms with Crippen LogP contribution in [0.15, 0.2) is 18.2 Å². The lowest BCUT2D eigenvalue weighted by molar-refractivity contribution is -0.146. The minimum atomic E-state index is -0.630. The highest BCUT2D eigenvalue weighted by Gasteiger charge is 2.44. The number of carbonyl (C=O) groups is 4. The topological polar surface area (TPSA) is 108 Å². The zero-order chi connectivity index (χ0) is 22.8. The van der Waals surface area contributed by atoms with Crippen LogP contribution in [0.2, 0.25) is 5.02 Å². The van der Waals surface area contributed by atoms with Gasteiger partial charge in [-0.15, -0.1) is 0 Å². The number of ether oxygens (including phenoxy) is 1. The van der Waals surface area contributed by atoms with Gasteiger partial charge in [0, 0.05) is 24.5 Å². The van der Waals surface area contributed by atoms with E-state index >= 15 is 0 Å². The van der Waals surface area contributed by atoms with Gasteiger partial charge in [-0.2, -0.15) is 0 Å². The molecule has 3 aliphatic heterocycles. The Labute approximate surface area is 191 Å². The summed E-state index contributed by atoms with van der Waals surface area (Å²) in [5.74, 6) is -0.398. The molecule has 3 fully saturated rings. The summed E-state index contributed by atoms with van der Waals surface area (Å²) < 4.78 is 5.29. The van der Waals surface area contributed by atoms with E-state index in [1.807, 2.05) is 0 Å². The number of nitrogens with one attached hydrogen (secondary N) is 2. The van der Waals surface area contributed by atoms with Crippen LogP contribution in [-0.4, -0.2) is 71.8 Å². The standard InChI is InChI=1S/C22H27ClN4O5/c1-32-18-8-6-13(23)12-15(18)25-20(29)16-4-2-10-26(16)22(31)17-5-3-11-27(17)21(30)14-7-9-19(28)24-14/h6,8,12,14,16-17H,2-5,7,9-11H2,1H3,(H,24,28)(H,25,29)/t14-,16-,17-/m0/s1. The van der Waals surface area contributed by atoms with Gasteiger partial charge in [0.1, 0.15) is 23.9 Å². The summed E-state index contributed by atoms with van der Waals surface area (Å²) in [5.41, 5.74) is 0.443. The molecule has 9 nitrogen and oxygen atoms in total. The first-order valence-corrected chi connectivity index (χ1v) is 11.3. The highest BCUT2D eigenvalue weighted by molar-refractivity contribution is 6.31. The first kappa shape index (κ1) is 22.4. The zero-order valence-electron chi connectivity index (χ0n) is 17.9. The lowest BCUT2D eigenvalue weighted by Crippen LogP contribution is -2.54. The van der Waals surface area contributed by atoms with Crippen LogP contribution >= 0.6 is 11.6 Å². The number of nitrogens with zero attached hydrogens (tertiary/aromatic N) is 2. The molecule has 3 atom stereocenters. The van der Waals surface area contributed by atoms with Crippen molar-refractivity contribution < 1.29 is 23.9 Å². The molecule has 0 spiro atoms. The van der Waals surface area contributed by atoms with Crippen LogP contribution in [0.1, 0.15) is 38.5 Å². The molecule has 32 heavy (non-hydrogen) atoms. The molecule has 172 valence electrons. The molecule has 0 saturated carbocycles. The summed E-state index contributed by atoms with van der Waals surface area (Å²) in [4.78, 5) is 54.0. The van der Waals surface area contributed by atoms with E-state index < -0.39 is 18.1 Å². The van der Waals surface area contributed by atoms with E-state index in [2.05, 4.69) is 10.6 Å². The van der Waals surface area contributed by atoms with E-state index in [0.717, 1.165) is 0 Å². The Hall–Kier alpha value is -2.81. The molecule has 2 N–H and O–H groups in total. The molecule has 0 radical (unpaired) electrons. The van der Waals surface area contributed by atoms with Gasteiger partial charge >= 0.3 is 0 Å². The average molecular weight is 463 g/mol. The molecule has 4 rings (SSSR count). The fourth-order valence-corrected chi connectivity index (χ4v) is 4.95. The third-order valence-corrected chi connectivity index (χ3v) is 6.61. The van der Waals surface area contributed by atoms with Crippen molar-refractivity contribution in [2.24, 2.45) is 0 Å². The SMILES string of the molecule is COc1ccc(Cl)cc1NC(=O)[C@@H]1CCCN1C(=O)[C@@H]1CCCN1C(=O)[C@@H]1CCC(=O)N1. The Morgan fingerprint density at radius 2 is 1.75 bits per heavy atom. The van der Waals surface area contributed by atoms with Crippen LogP contribution in [0.5, 0.6) is 5.75 Å². The van der Waals surface area contributed by atoms with E-state index in [1.165, 1.54) is 7.11 Å². The number of benzene rings is 1. The number of amides is 4. The van der Waals surface area contributed by atoms with E-state index in [9.17, 15) is 19.2 Å². The summed E-state index contributed by atoms with van der Waals surface area (Å²) in [6, 6.07) is 3.14. The Morgan fingerprint density at radius 1 is 1.06 bits per heavy atom. The first-order chi connectivity index (χ1) is 15.4.